The van der Waals surface area contributed by atoms with Crippen molar-refractivity contribution in [2.75, 3.05) is 0 Å². The summed E-state index contributed by atoms with van der Waals surface area (Å²) in [5.74, 6) is -0.0750. The number of hydrogen-bond donors (Lipinski definition) is 1. The van der Waals surface area contributed by atoms with E-state index in [0.717, 1.165) is 5.56 Å². The first-order valence-corrected chi connectivity index (χ1v) is 7.58. The summed E-state index contributed by atoms with van der Waals surface area (Å²) in [4.78, 5) is 12.1. The van der Waals surface area contributed by atoms with Crippen LogP contribution in [0.2, 0.25) is 0 Å². The molecule has 0 bridgehead atoms. The van der Waals surface area contributed by atoms with Gasteiger partial charge in [0.1, 0.15) is 0 Å². The maximum absolute atomic E-state index is 12.1. The fraction of sp³-hybridized carbons (Fsp3) is 0.250. The van der Waals surface area contributed by atoms with Crippen LogP contribution in [-0.4, -0.2) is 5.91 Å². The predicted octanol–water partition coefficient (Wildman–Crippen LogP) is 4.50. The molecule has 1 N–H and O–H groups in total. The minimum absolute atomic E-state index is 0.00720. The third kappa shape index (κ3) is 4.08. The van der Waals surface area contributed by atoms with Crippen LogP contribution in [0.1, 0.15) is 40.8 Å². The Kier molecular flexibility index (Phi) is 5.16. The van der Waals surface area contributed by atoms with Crippen molar-refractivity contribution in [1.82, 2.24) is 5.32 Å². The summed E-state index contributed by atoms with van der Waals surface area (Å²) in [6.07, 6.45) is 3.41. The van der Waals surface area contributed by atoms with Crippen LogP contribution in [0.25, 0.3) is 6.08 Å². The molecule has 1 amide bonds. The lowest BCUT2D eigenvalue weighted by Gasteiger charge is -2.17. The highest BCUT2D eigenvalue weighted by Crippen LogP contribution is 2.21. The molecule has 0 aliphatic heterocycles. The number of hydrogen-bond acceptors (Lipinski definition) is 1. The van der Waals surface area contributed by atoms with Gasteiger partial charge in [0.15, 0.2) is 0 Å². The molecule has 0 saturated carbocycles. The molecule has 2 rings (SSSR count). The molecule has 0 fully saturated rings. The highest BCUT2D eigenvalue weighted by Gasteiger charge is 2.11. The van der Waals surface area contributed by atoms with Crippen molar-refractivity contribution in [2.24, 2.45) is 0 Å². The summed E-state index contributed by atoms with van der Waals surface area (Å²) in [6.45, 7) is 8.32. The van der Waals surface area contributed by atoms with Crippen LogP contribution >= 0.6 is 0 Å². The van der Waals surface area contributed by atoms with Crippen molar-refractivity contribution in [3.05, 3.63) is 76.4 Å². The van der Waals surface area contributed by atoms with E-state index in [-0.39, 0.29) is 11.9 Å². The summed E-state index contributed by atoms with van der Waals surface area (Å²) in [6, 6.07) is 14.1. The number of carbonyl (C=O) groups excluding carboxylic acids is 1. The molecular weight excluding hydrogens is 270 g/mol. The van der Waals surface area contributed by atoms with Crippen molar-refractivity contribution in [3.8, 4) is 0 Å². The molecule has 0 spiro atoms. The molecule has 1 atom stereocenters. The van der Waals surface area contributed by atoms with E-state index in [1.54, 1.807) is 6.08 Å². The first-order valence-electron chi connectivity index (χ1n) is 7.58. The maximum Gasteiger partial charge on any atom is 0.244 e. The van der Waals surface area contributed by atoms with E-state index < -0.39 is 0 Å². The highest BCUT2D eigenvalue weighted by atomic mass is 16.1. The minimum atomic E-state index is -0.0750. The van der Waals surface area contributed by atoms with E-state index in [4.69, 9.17) is 0 Å². The first kappa shape index (κ1) is 16.0. The van der Waals surface area contributed by atoms with Gasteiger partial charge in [-0.2, -0.15) is 0 Å². The number of carbonyl (C=O) groups is 1. The average molecular weight is 293 g/mol. The Morgan fingerprint density at radius 2 is 1.64 bits per heavy atom. The first-order chi connectivity index (χ1) is 10.5. The Morgan fingerprint density at radius 3 is 2.32 bits per heavy atom. The lowest BCUT2D eigenvalue weighted by Crippen LogP contribution is -2.25. The minimum Gasteiger partial charge on any atom is -0.346 e. The highest BCUT2D eigenvalue weighted by molar-refractivity contribution is 5.92. The second-order valence-electron chi connectivity index (χ2n) is 5.77. The van der Waals surface area contributed by atoms with E-state index in [2.05, 4.69) is 38.2 Å². The molecule has 2 aromatic carbocycles. The lowest BCUT2D eigenvalue weighted by molar-refractivity contribution is -0.117. The molecule has 2 aromatic rings. The van der Waals surface area contributed by atoms with Crippen molar-refractivity contribution >= 4 is 12.0 Å². The maximum atomic E-state index is 12.1. The number of rotatable bonds is 4. The van der Waals surface area contributed by atoms with E-state index in [1.165, 1.54) is 22.3 Å². The zero-order chi connectivity index (χ0) is 16.1. The van der Waals surface area contributed by atoms with Gasteiger partial charge in [0.2, 0.25) is 5.91 Å². The van der Waals surface area contributed by atoms with Gasteiger partial charge in [-0.3, -0.25) is 4.79 Å². The van der Waals surface area contributed by atoms with Gasteiger partial charge >= 0.3 is 0 Å². The average Bonchev–Trinajstić information content (AvgIpc) is 2.50. The van der Waals surface area contributed by atoms with Gasteiger partial charge in [0, 0.05) is 6.08 Å². The van der Waals surface area contributed by atoms with Crippen LogP contribution in [-0.2, 0) is 4.79 Å². The predicted molar refractivity (Wildman–Crippen MR) is 92.7 cm³/mol. The summed E-state index contributed by atoms with van der Waals surface area (Å²) in [5, 5.41) is 3.03. The molecule has 0 saturated heterocycles. The monoisotopic (exact) mass is 293 g/mol. The zero-order valence-corrected chi connectivity index (χ0v) is 13.7. The summed E-state index contributed by atoms with van der Waals surface area (Å²) >= 11 is 0. The molecule has 114 valence electrons. The SMILES string of the molecule is Cc1cc(C)c(C(C)NC(=O)/C=C/c2ccccc2)cc1C. The molecule has 0 radical (unpaired) electrons. The smallest absolute Gasteiger partial charge is 0.244 e. The normalized spacial score (nSPS) is 12.4. The van der Waals surface area contributed by atoms with E-state index >= 15 is 0 Å². The Bertz CT molecular complexity index is 686. The van der Waals surface area contributed by atoms with Gasteiger partial charge in [-0.05, 0) is 61.6 Å². The molecule has 2 heteroatoms. The number of nitrogens with one attached hydrogen (secondary N) is 1. The Hall–Kier alpha value is -2.35. The number of aryl methyl sites for hydroxylation is 3. The Balaban J connectivity index is 2.05. The second kappa shape index (κ2) is 7.08. The van der Waals surface area contributed by atoms with Crippen molar-refractivity contribution in [2.45, 2.75) is 33.7 Å². The Labute approximate surface area is 132 Å². The lowest BCUT2D eigenvalue weighted by atomic mass is 9.96. The molecule has 0 aliphatic carbocycles. The van der Waals surface area contributed by atoms with Crippen LogP contribution in [0.15, 0.2) is 48.5 Å². The molecule has 0 aliphatic rings. The largest absolute Gasteiger partial charge is 0.346 e. The fourth-order valence-electron chi connectivity index (χ4n) is 2.52. The van der Waals surface area contributed by atoms with Crippen LogP contribution in [0, 0.1) is 20.8 Å². The van der Waals surface area contributed by atoms with E-state index in [9.17, 15) is 4.79 Å². The third-order valence-electron chi connectivity index (χ3n) is 3.93. The van der Waals surface area contributed by atoms with Crippen molar-refractivity contribution in [3.63, 3.8) is 0 Å². The van der Waals surface area contributed by atoms with Crippen LogP contribution in [0.5, 0.6) is 0 Å². The molecule has 2 nitrogen and oxygen atoms in total. The Morgan fingerprint density at radius 1 is 1.00 bits per heavy atom. The molecular formula is C20H23NO. The standard InChI is InChI=1S/C20H23NO/c1-14-12-16(3)19(13-15(14)2)17(4)21-20(22)11-10-18-8-6-5-7-9-18/h5-13,17H,1-4H3,(H,21,22)/b11-10+. The van der Waals surface area contributed by atoms with Crippen molar-refractivity contribution < 1.29 is 4.79 Å². The zero-order valence-electron chi connectivity index (χ0n) is 13.7. The fourth-order valence-corrected chi connectivity index (χ4v) is 2.52. The van der Waals surface area contributed by atoms with Crippen molar-refractivity contribution in [1.29, 1.82) is 0 Å². The van der Waals surface area contributed by atoms with Gasteiger partial charge < -0.3 is 5.32 Å². The van der Waals surface area contributed by atoms with Gasteiger partial charge in [0.05, 0.1) is 6.04 Å². The summed E-state index contributed by atoms with van der Waals surface area (Å²) in [5.41, 5.74) is 5.94. The van der Waals surface area contributed by atoms with Gasteiger partial charge in [-0.25, -0.2) is 0 Å². The van der Waals surface area contributed by atoms with E-state index in [1.807, 2.05) is 43.3 Å². The summed E-state index contributed by atoms with van der Waals surface area (Å²) in [7, 11) is 0. The molecule has 0 heterocycles. The second-order valence-corrected chi connectivity index (χ2v) is 5.77. The molecule has 22 heavy (non-hydrogen) atoms. The molecule has 1 unspecified atom stereocenters. The van der Waals surface area contributed by atoms with Gasteiger partial charge in [-0.15, -0.1) is 0 Å². The quantitative estimate of drug-likeness (QED) is 0.826. The van der Waals surface area contributed by atoms with Crippen LogP contribution in [0.4, 0.5) is 0 Å². The summed E-state index contributed by atoms with van der Waals surface area (Å²) < 4.78 is 0. The topological polar surface area (TPSA) is 29.1 Å². The van der Waals surface area contributed by atoms with Crippen LogP contribution in [0.3, 0.4) is 0 Å². The van der Waals surface area contributed by atoms with Gasteiger partial charge in [-0.1, -0.05) is 42.5 Å². The number of amides is 1. The van der Waals surface area contributed by atoms with E-state index in [0.29, 0.717) is 0 Å². The number of benzene rings is 2. The third-order valence-corrected chi connectivity index (χ3v) is 3.93. The van der Waals surface area contributed by atoms with Crippen LogP contribution < -0.4 is 5.32 Å². The van der Waals surface area contributed by atoms with Gasteiger partial charge in [0.25, 0.3) is 0 Å². The molecule has 0 aromatic heterocycles.